The Balaban J connectivity index is 1.65. The van der Waals surface area contributed by atoms with Gasteiger partial charge in [0.2, 0.25) is 0 Å². The molecule has 0 radical (unpaired) electrons. The summed E-state index contributed by atoms with van der Waals surface area (Å²) in [5.41, 5.74) is 3.66. The molecule has 1 aromatic carbocycles. The molecule has 0 bridgehead atoms. The molecule has 0 unspecified atom stereocenters. The summed E-state index contributed by atoms with van der Waals surface area (Å²) in [6.45, 7) is 7.82. The van der Waals surface area contributed by atoms with Crippen LogP contribution < -0.4 is 5.32 Å². The van der Waals surface area contributed by atoms with Crippen LogP contribution in [0.15, 0.2) is 18.2 Å². The number of esters is 1. The lowest BCUT2D eigenvalue weighted by Gasteiger charge is -2.30. The number of benzene rings is 1. The smallest absolute Gasteiger partial charge is 0.338 e. The molecule has 1 saturated carbocycles. The van der Waals surface area contributed by atoms with E-state index >= 15 is 0 Å². The van der Waals surface area contributed by atoms with Gasteiger partial charge in [-0.25, -0.2) is 4.79 Å². The zero-order valence-corrected chi connectivity index (χ0v) is 16.0. The van der Waals surface area contributed by atoms with Crippen molar-refractivity contribution < 1.29 is 14.3 Å². The van der Waals surface area contributed by atoms with Gasteiger partial charge in [-0.15, -0.1) is 0 Å². The second-order valence-electron chi connectivity index (χ2n) is 7.56. The van der Waals surface area contributed by atoms with Crippen molar-refractivity contribution >= 4 is 22.8 Å². The first kappa shape index (κ1) is 18.5. The summed E-state index contributed by atoms with van der Waals surface area (Å²) in [4.78, 5) is 28.2. The number of ether oxygens (including phenoxy) is 1. The van der Waals surface area contributed by atoms with Crippen molar-refractivity contribution in [2.75, 3.05) is 0 Å². The van der Waals surface area contributed by atoms with E-state index in [2.05, 4.69) is 17.2 Å². The Morgan fingerprint density at radius 3 is 2.69 bits per heavy atom. The van der Waals surface area contributed by atoms with Crippen LogP contribution in [-0.2, 0) is 9.53 Å². The molecule has 26 heavy (non-hydrogen) atoms. The lowest BCUT2D eigenvalue weighted by molar-refractivity contribution is -0.130. The van der Waals surface area contributed by atoms with Crippen molar-refractivity contribution in [1.29, 1.82) is 0 Å². The molecule has 2 N–H and O–H groups in total. The molecule has 1 heterocycles. The lowest BCUT2D eigenvalue weighted by atomic mass is 9.86. The summed E-state index contributed by atoms with van der Waals surface area (Å²) >= 11 is 0. The third-order valence-corrected chi connectivity index (χ3v) is 5.64. The zero-order chi connectivity index (χ0) is 18.8. The fourth-order valence-electron chi connectivity index (χ4n) is 3.70. The number of carbonyl (C=O) groups excluding carboxylic acids is 2. The van der Waals surface area contributed by atoms with Crippen molar-refractivity contribution in [1.82, 2.24) is 10.3 Å². The maximum Gasteiger partial charge on any atom is 0.338 e. The fourth-order valence-corrected chi connectivity index (χ4v) is 3.70. The second kappa shape index (κ2) is 7.52. The Bertz CT molecular complexity index is 824. The van der Waals surface area contributed by atoms with Crippen LogP contribution in [0.25, 0.3) is 10.9 Å². The van der Waals surface area contributed by atoms with Crippen molar-refractivity contribution in [3.63, 3.8) is 0 Å². The van der Waals surface area contributed by atoms with Crippen molar-refractivity contribution in [3.8, 4) is 0 Å². The molecule has 5 nitrogen and oxygen atoms in total. The highest BCUT2D eigenvalue weighted by Crippen LogP contribution is 2.24. The Kier molecular flexibility index (Phi) is 5.35. The van der Waals surface area contributed by atoms with Crippen LogP contribution in [0.2, 0.25) is 0 Å². The minimum absolute atomic E-state index is 0.180. The third-order valence-electron chi connectivity index (χ3n) is 5.64. The number of fused-ring (bicyclic) bond motifs is 1. The first-order valence-electron chi connectivity index (χ1n) is 9.47. The topological polar surface area (TPSA) is 71.2 Å². The van der Waals surface area contributed by atoms with Crippen LogP contribution in [0.4, 0.5) is 0 Å². The van der Waals surface area contributed by atoms with Crippen LogP contribution in [-0.4, -0.2) is 29.0 Å². The van der Waals surface area contributed by atoms with Gasteiger partial charge >= 0.3 is 5.97 Å². The van der Waals surface area contributed by atoms with E-state index in [0.717, 1.165) is 41.4 Å². The first-order valence-corrected chi connectivity index (χ1v) is 9.47. The molecular weight excluding hydrogens is 328 g/mol. The van der Waals surface area contributed by atoms with Crippen LogP contribution >= 0.6 is 0 Å². The van der Waals surface area contributed by atoms with Gasteiger partial charge in [-0.1, -0.05) is 19.8 Å². The summed E-state index contributed by atoms with van der Waals surface area (Å²) in [6, 6.07) is 5.61. The third kappa shape index (κ3) is 3.76. The van der Waals surface area contributed by atoms with E-state index in [0.29, 0.717) is 11.5 Å². The quantitative estimate of drug-likeness (QED) is 0.813. The van der Waals surface area contributed by atoms with Gasteiger partial charge in [0.05, 0.1) is 5.56 Å². The molecule has 0 spiro atoms. The molecule has 1 aliphatic rings. The van der Waals surface area contributed by atoms with Gasteiger partial charge in [0, 0.05) is 22.6 Å². The number of aryl methyl sites for hydroxylation is 2. The van der Waals surface area contributed by atoms with Crippen molar-refractivity contribution in [2.24, 2.45) is 5.92 Å². The average molecular weight is 356 g/mol. The van der Waals surface area contributed by atoms with Crippen LogP contribution in [0.5, 0.6) is 0 Å². The van der Waals surface area contributed by atoms with Gasteiger partial charge in [0.15, 0.2) is 6.10 Å². The first-order chi connectivity index (χ1) is 12.4. The molecule has 1 amide bonds. The number of amides is 1. The monoisotopic (exact) mass is 356 g/mol. The second-order valence-corrected chi connectivity index (χ2v) is 7.56. The number of hydrogen-bond acceptors (Lipinski definition) is 3. The molecule has 1 aromatic heterocycles. The molecule has 3 rings (SSSR count). The fraction of sp³-hybridized carbons (Fsp3) is 0.524. The van der Waals surface area contributed by atoms with Crippen molar-refractivity contribution in [3.05, 3.63) is 35.0 Å². The van der Waals surface area contributed by atoms with E-state index in [1.807, 2.05) is 26.0 Å². The normalized spacial score (nSPS) is 21.4. The van der Waals surface area contributed by atoms with E-state index in [1.54, 1.807) is 13.0 Å². The van der Waals surface area contributed by atoms with Gasteiger partial charge in [0.25, 0.3) is 5.91 Å². The Morgan fingerprint density at radius 1 is 1.23 bits per heavy atom. The van der Waals surface area contributed by atoms with Crippen LogP contribution in [0, 0.1) is 19.8 Å². The predicted octanol–water partition coefficient (Wildman–Crippen LogP) is 4.02. The highest BCUT2D eigenvalue weighted by molar-refractivity contribution is 5.97. The minimum atomic E-state index is -0.804. The largest absolute Gasteiger partial charge is 0.449 e. The number of carbonyl (C=O) groups is 2. The lowest BCUT2D eigenvalue weighted by Crippen LogP contribution is -2.45. The summed E-state index contributed by atoms with van der Waals surface area (Å²) in [6.07, 6.45) is 3.68. The molecule has 140 valence electrons. The average Bonchev–Trinajstić information content (AvgIpc) is 2.90. The van der Waals surface area contributed by atoms with Gasteiger partial charge in [-0.2, -0.15) is 0 Å². The number of H-pyrrole nitrogens is 1. The Labute approximate surface area is 154 Å². The summed E-state index contributed by atoms with van der Waals surface area (Å²) < 4.78 is 5.41. The standard InChI is InChI=1S/C21H28N2O3/c1-12-7-5-6-8-18(12)23-20(24)15(4)26-21(25)16-9-10-19-17(11-16)13(2)14(3)22-19/h9-12,15,18,22H,5-8H2,1-4H3,(H,23,24)/t12-,15-,18+/m1/s1. The Morgan fingerprint density at radius 2 is 1.96 bits per heavy atom. The van der Waals surface area contributed by atoms with Crippen LogP contribution in [0.1, 0.15) is 61.1 Å². The summed E-state index contributed by atoms with van der Waals surface area (Å²) in [5, 5.41) is 4.05. The predicted molar refractivity (Wildman–Crippen MR) is 102 cm³/mol. The highest BCUT2D eigenvalue weighted by Gasteiger charge is 2.26. The molecule has 0 aliphatic heterocycles. The summed E-state index contributed by atoms with van der Waals surface area (Å²) in [5.74, 6) is -0.214. The van der Waals surface area contributed by atoms with E-state index in [-0.39, 0.29) is 11.9 Å². The molecule has 1 fully saturated rings. The number of rotatable bonds is 4. The molecule has 2 aromatic rings. The Hall–Kier alpha value is -2.30. The number of aromatic nitrogens is 1. The summed E-state index contributed by atoms with van der Waals surface area (Å²) in [7, 11) is 0. The highest BCUT2D eigenvalue weighted by atomic mass is 16.5. The number of aromatic amines is 1. The molecular formula is C21H28N2O3. The van der Waals surface area contributed by atoms with E-state index < -0.39 is 12.1 Å². The van der Waals surface area contributed by atoms with Gasteiger partial charge in [0.1, 0.15) is 0 Å². The number of hydrogen-bond donors (Lipinski definition) is 2. The maximum absolute atomic E-state index is 12.5. The van der Waals surface area contributed by atoms with E-state index in [9.17, 15) is 9.59 Å². The molecule has 3 atom stereocenters. The minimum Gasteiger partial charge on any atom is -0.449 e. The SMILES string of the molecule is Cc1[nH]c2ccc(C(=O)O[C@H](C)C(=O)N[C@H]3CCCC[C@H]3C)cc2c1C. The van der Waals surface area contributed by atoms with Gasteiger partial charge in [-0.05, 0) is 63.3 Å². The van der Waals surface area contributed by atoms with E-state index in [1.165, 1.54) is 6.42 Å². The molecule has 5 heteroatoms. The van der Waals surface area contributed by atoms with Gasteiger partial charge in [-0.3, -0.25) is 4.79 Å². The van der Waals surface area contributed by atoms with E-state index in [4.69, 9.17) is 4.74 Å². The van der Waals surface area contributed by atoms with Gasteiger partial charge < -0.3 is 15.0 Å². The maximum atomic E-state index is 12.5. The zero-order valence-electron chi connectivity index (χ0n) is 16.0. The molecule has 0 saturated heterocycles. The molecule has 1 aliphatic carbocycles. The number of nitrogens with one attached hydrogen (secondary N) is 2. The van der Waals surface area contributed by atoms with Crippen molar-refractivity contribution in [2.45, 2.75) is 65.5 Å². The van der Waals surface area contributed by atoms with Crippen LogP contribution in [0.3, 0.4) is 0 Å².